The number of ether oxygens (including phenoxy) is 2. The molecule has 6 heteroatoms. The van der Waals surface area contributed by atoms with Crippen LogP contribution in [-0.2, 0) is 11.3 Å². The van der Waals surface area contributed by atoms with Crippen molar-refractivity contribution in [1.29, 1.82) is 0 Å². The van der Waals surface area contributed by atoms with Gasteiger partial charge in [-0.2, -0.15) is 5.10 Å². The number of carbonyl (C=O) groups is 1. The van der Waals surface area contributed by atoms with Gasteiger partial charge >= 0.3 is 5.97 Å². The molecule has 0 radical (unpaired) electrons. The molecule has 106 valence electrons. The van der Waals surface area contributed by atoms with Crippen LogP contribution < -0.4 is 10.5 Å². The van der Waals surface area contributed by atoms with E-state index in [-0.39, 0.29) is 6.61 Å². The molecule has 2 rings (SSSR count). The minimum Gasteiger partial charge on any atom is -0.492 e. The summed E-state index contributed by atoms with van der Waals surface area (Å²) in [4.78, 5) is 11.8. The van der Waals surface area contributed by atoms with Gasteiger partial charge in [-0.25, -0.2) is 4.79 Å². The number of esters is 1. The second-order valence-corrected chi connectivity index (χ2v) is 4.09. The molecule has 6 nitrogen and oxygen atoms in total. The number of anilines is 1. The number of carbonyl (C=O) groups excluding carboxylic acids is 1. The molecule has 0 fully saturated rings. The third-order valence-corrected chi connectivity index (χ3v) is 2.66. The fraction of sp³-hybridized carbons (Fsp3) is 0.286. The SMILES string of the molecule is CCOc1ccc(C(=O)OCCn2cccn2)cc1N. The first kappa shape index (κ1) is 13.9. The van der Waals surface area contributed by atoms with Crippen LogP contribution in [0.4, 0.5) is 5.69 Å². The van der Waals surface area contributed by atoms with Gasteiger partial charge in [0.2, 0.25) is 0 Å². The fourth-order valence-electron chi connectivity index (χ4n) is 1.71. The smallest absolute Gasteiger partial charge is 0.338 e. The Morgan fingerprint density at radius 2 is 2.30 bits per heavy atom. The summed E-state index contributed by atoms with van der Waals surface area (Å²) in [6.07, 6.45) is 3.48. The van der Waals surface area contributed by atoms with Crippen LogP contribution >= 0.6 is 0 Å². The van der Waals surface area contributed by atoms with Crippen molar-refractivity contribution < 1.29 is 14.3 Å². The highest BCUT2D eigenvalue weighted by Gasteiger charge is 2.10. The van der Waals surface area contributed by atoms with Crippen molar-refractivity contribution in [2.75, 3.05) is 18.9 Å². The molecule has 0 aliphatic carbocycles. The molecule has 0 amide bonds. The van der Waals surface area contributed by atoms with E-state index < -0.39 is 5.97 Å². The largest absolute Gasteiger partial charge is 0.492 e. The third kappa shape index (κ3) is 3.50. The van der Waals surface area contributed by atoms with Gasteiger partial charge in [0.05, 0.1) is 24.4 Å². The van der Waals surface area contributed by atoms with Crippen LogP contribution in [-0.4, -0.2) is 29.0 Å². The Morgan fingerprint density at radius 3 is 2.95 bits per heavy atom. The molecule has 1 aromatic carbocycles. The first-order chi connectivity index (χ1) is 9.70. The molecular weight excluding hydrogens is 258 g/mol. The summed E-state index contributed by atoms with van der Waals surface area (Å²) in [5.41, 5.74) is 6.64. The Kier molecular flexibility index (Phi) is 4.60. The lowest BCUT2D eigenvalue weighted by Crippen LogP contribution is -2.12. The van der Waals surface area contributed by atoms with Gasteiger partial charge in [-0.1, -0.05) is 0 Å². The van der Waals surface area contributed by atoms with E-state index in [9.17, 15) is 4.79 Å². The van der Waals surface area contributed by atoms with Crippen LogP contribution in [0, 0.1) is 0 Å². The number of nitrogen functional groups attached to an aromatic ring is 1. The monoisotopic (exact) mass is 275 g/mol. The Morgan fingerprint density at radius 1 is 1.45 bits per heavy atom. The molecule has 0 atom stereocenters. The number of aromatic nitrogens is 2. The van der Waals surface area contributed by atoms with E-state index in [1.807, 2.05) is 19.2 Å². The van der Waals surface area contributed by atoms with Crippen LogP contribution in [0.25, 0.3) is 0 Å². The lowest BCUT2D eigenvalue weighted by atomic mass is 10.2. The maximum absolute atomic E-state index is 11.8. The van der Waals surface area contributed by atoms with Gasteiger partial charge in [0.15, 0.2) is 0 Å². The van der Waals surface area contributed by atoms with Gasteiger partial charge in [-0.05, 0) is 31.2 Å². The highest BCUT2D eigenvalue weighted by Crippen LogP contribution is 2.22. The molecule has 2 N–H and O–H groups in total. The van der Waals surface area contributed by atoms with Gasteiger partial charge in [0.1, 0.15) is 12.4 Å². The number of nitrogens with two attached hydrogens (primary N) is 1. The topological polar surface area (TPSA) is 79.4 Å². The molecule has 1 aromatic heterocycles. The number of hydrogen-bond acceptors (Lipinski definition) is 5. The summed E-state index contributed by atoms with van der Waals surface area (Å²) in [7, 11) is 0. The van der Waals surface area contributed by atoms with Gasteiger partial charge in [-0.15, -0.1) is 0 Å². The second-order valence-electron chi connectivity index (χ2n) is 4.09. The first-order valence-electron chi connectivity index (χ1n) is 6.37. The molecule has 1 heterocycles. The van der Waals surface area contributed by atoms with Crippen molar-refractivity contribution in [3.05, 3.63) is 42.2 Å². The van der Waals surface area contributed by atoms with Crippen molar-refractivity contribution in [2.45, 2.75) is 13.5 Å². The lowest BCUT2D eigenvalue weighted by Gasteiger charge is -2.09. The molecule has 0 aliphatic rings. The summed E-state index contributed by atoms with van der Waals surface area (Å²) >= 11 is 0. The van der Waals surface area contributed by atoms with Gasteiger partial charge in [0.25, 0.3) is 0 Å². The van der Waals surface area contributed by atoms with Crippen molar-refractivity contribution in [1.82, 2.24) is 9.78 Å². The first-order valence-corrected chi connectivity index (χ1v) is 6.37. The second kappa shape index (κ2) is 6.60. The van der Waals surface area contributed by atoms with E-state index in [1.54, 1.807) is 29.1 Å². The number of hydrogen-bond donors (Lipinski definition) is 1. The summed E-state index contributed by atoms with van der Waals surface area (Å²) in [6, 6.07) is 6.68. The zero-order chi connectivity index (χ0) is 14.4. The molecule has 0 saturated heterocycles. The number of nitrogens with zero attached hydrogens (tertiary/aromatic N) is 2. The molecule has 0 unspecified atom stereocenters. The molecule has 0 bridgehead atoms. The lowest BCUT2D eigenvalue weighted by molar-refractivity contribution is 0.0487. The highest BCUT2D eigenvalue weighted by molar-refractivity contribution is 5.91. The summed E-state index contributed by atoms with van der Waals surface area (Å²) < 4.78 is 12.2. The van der Waals surface area contributed by atoms with E-state index in [0.29, 0.717) is 30.2 Å². The van der Waals surface area contributed by atoms with Gasteiger partial charge in [-0.3, -0.25) is 4.68 Å². The normalized spacial score (nSPS) is 10.2. The van der Waals surface area contributed by atoms with Crippen LogP contribution in [0.15, 0.2) is 36.7 Å². The Hall–Kier alpha value is -2.50. The van der Waals surface area contributed by atoms with Crippen LogP contribution in [0.5, 0.6) is 5.75 Å². The highest BCUT2D eigenvalue weighted by atomic mass is 16.5. The van der Waals surface area contributed by atoms with Crippen molar-refractivity contribution in [3.63, 3.8) is 0 Å². The third-order valence-electron chi connectivity index (χ3n) is 2.66. The molecule has 0 aliphatic heterocycles. The Labute approximate surface area is 117 Å². The minimum absolute atomic E-state index is 0.258. The van der Waals surface area contributed by atoms with E-state index in [4.69, 9.17) is 15.2 Å². The zero-order valence-electron chi connectivity index (χ0n) is 11.3. The average Bonchev–Trinajstić information content (AvgIpc) is 2.94. The number of benzene rings is 1. The predicted molar refractivity (Wildman–Crippen MR) is 74.5 cm³/mol. The molecular formula is C14H17N3O3. The summed E-state index contributed by atoms with van der Waals surface area (Å²) in [6.45, 7) is 3.17. The molecule has 0 spiro atoms. The zero-order valence-corrected chi connectivity index (χ0v) is 11.3. The minimum atomic E-state index is -0.410. The maximum atomic E-state index is 11.8. The van der Waals surface area contributed by atoms with Crippen LogP contribution in [0.1, 0.15) is 17.3 Å². The van der Waals surface area contributed by atoms with Crippen LogP contribution in [0.3, 0.4) is 0 Å². The molecule has 20 heavy (non-hydrogen) atoms. The van der Waals surface area contributed by atoms with E-state index >= 15 is 0 Å². The summed E-state index contributed by atoms with van der Waals surface area (Å²) in [5.74, 6) is 0.160. The molecule has 0 saturated carbocycles. The van der Waals surface area contributed by atoms with Crippen LogP contribution in [0.2, 0.25) is 0 Å². The van der Waals surface area contributed by atoms with Gasteiger partial charge in [0, 0.05) is 12.4 Å². The van der Waals surface area contributed by atoms with E-state index in [2.05, 4.69) is 5.10 Å². The maximum Gasteiger partial charge on any atom is 0.338 e. The average molecular weight is 275 g/mol. The van der Waals surface area contributed by atoms with Gasteiger partial charge < -0.3 is 15.2 Å². The van der Waals surface area contributed by atoms with E-state index in [0.717, 1.165) is 0 Å². The standard InChI is InChI=1S/C14H17N3O3/c1-2-19-13-5-4-11(10-12(13)15)14(18)20-9-8-17-7-3-6-16-17/h3-7,10H,2,8-9,15H2,1H3. The van der Waals surface area contributed by atoms with E-state index in [1.165, 1.54) is 0 Å². The van der Waals surface area contributed by atoms with Crippen molar-refractivity contribution in [3.8, 4) is 5.75 Å². The quantitative estimate of drug-likeness (QED) is 0.641. The Bertz CT molecular complexity index is 567. The summed E-state index contributed by atoms with van der Waals surface area (Å²) in [5, 5.41) is 4.02. The van der Waals surface area contributed by atoms with Crippen molar-refractivity contribution in [2.24, 2.45) is 0 Å². The number of rotatable bonds is 6. The predicted octanol–water partition coefficient (Wildman–Crippen LogP) is 1.72. The Balaban J connectivity index is 1.90. The van der Waals surface area contributed by atoms with Crippen molar-refractivity contribution >= 4 is 11.7 Å². The molecule has 2 aromatic rings. The fourth-order valence-corrected chi connectivity index (χ4v) is 1.71.